The number of aliphatic hydroxyl groups is 1. The van der Waals surface area contributed by atoms with Crippen LogP contribution in [0.25, 0.3) is 0 Å². The van der Waals surface area contributed by atoms with Crippen LogP contribution in [-0.4, -0.2) is 103 Å². The van der Waals surface area contributed by atoms with Gasteiger partial charge in [0.2, 0.25) is 35.4 Å². The van der Waals surface area contributed by atoms with Gasteiger partial charge in [0, 0.05) is 6.42 Å². The minimum absolute atomic E-state index is 0.0680. The number of hydrogen-bond acceptors (Lipinski definition) is 10. The highest BCUT2D eigenvalue weighted by Gasteiger charge is 2.30. The summed E-state index contributed by atoms with van der Waals surface area (Å²) in [6.45, 7) is 0.285. The maximum atomic E-state index is 13.2. The average Bonchev–Trinajstić information content (AvgIpc) is 3.10. The number of nitrogens with two attached hydrogens (primary N) is 2. The SMILES string of the molecule is CC(O)C(NC(=O)C(CCCCN)NC(=O)CNC(=O)C(Cc1ccccc1)NC(=O)CNC(=O)[C@H](N)Cc1ccccc1)C(=O)NCC=O. The second kappa shape index (κ2) is 22.4. The molecule has 0 saturated carbocycles. The van der Waals surface area contributed by atoms with Crippen LogP contribution in [0.4, 0.5) is 0 Å². The van der Waals surface area contributed by atoms with E-state index in [9.17, 15) is 38.7 Å². The van der Waals surface area contributed by atoms with E-state index in [1.54, 1.807) is 30.3 Å². The Hall–Kier alpha value is -5.19. The fourth-order valence-electron chi connectivity index (χ4n) is 4.77. The van der Waals surface area contributed by atoms with Gasteiger partial charge in [0.1, 0.15) is 24.4 Å². The van der Waals surface area contributed by atoms with Crippen molar-refractivity contribution < 1.29 is 38.7 Å². The first-order chi connectivity index (χ1) is 23.9. The van der Waals surface area contributed by atoms with E-state index in [0.717, 1.165) is 5.56 Å². The van der Waals surface area contributed by atoms with E-state index >= 15 is 0 Å². The second-order valence-corrected chi connectivity index (χ2v) is 11.6. The molecule has 0 spiro atoms. The molecule has 11 N–H and O–H groups in total. The van der Waals surface area contributed by atoms with E-state index < -0.39 is 78.8 Å². The predicted molar refractivity (Wildman–Crippen MR) is 184 cm³/mol. The molecule has 0 fully saturated rings. The van der Waals surface area contributed by atoms with Crippen LogP contribution in [0.3, 0.4) is 0 Å². The fraction of sp³-hybridized carbons (Fsp3) is 0.441. The molecule has 0 radical (unpaired) electrons. The molecule has 0 aromatic heterocycles. The van der Waals surface area contributed by atoms with Crippen molar-refractivity contribution in [2.75, 3.05) is 26.2 Å². The van der Waals surface area contributed by atoms with Gasteiger partial charge in [0.05, 0.1) is 31.8 Å². The molecule has 5 atom stereocenters. The van der Waals surface area contributed by atoms with Crippen LogP contribution in [0.15, 0.2) is 60.7 Å². The van der Waals surface area contributed by atoms with E-state index in [1.165, 1.54) is 6.92 Å². The lowest BCUT2D eigenvalue weighted by molar-refractivity contribution is -0.134. The Morgan fingerprint density at radius 3 is 1.78 bits per heavy atom. The van der Waals surface area contributed by atoms with Crippen molar-refractivity contribution in [2.45, 2.75) is 69.3 Å². The Bertz CT molecular complexity index is 1410. The molecule has 0 aliphatic heterocycles. The van der Waals surface area contributed by atoms with Gasteiger partial charge < -0.3 is 53.3 Å². The lowest BCUT2D eigenvalue weighted by Crippen LogP contribution is -2.58. The number of benzene rings is 2. The average molecular weight is 697 g/mol. The summed E-state index contributed by atoms with van der Waals surface area (Å²) in [5, 5.41) is 24.8. The normalized spacial score (nSPS) is 13.7. The van der Waals surface area contributed by atoms with E-state index in [1.807, 2.05) is 30.3 Å². The topological polar surface area (TPSA) is 264 Å². The molecular weight excluding hydrogens is 648 g/mol. The highest BCUT2D eigenvalue weighted by atomic mass is 16.3. The summed E-state index contributed by atoms with van der Waals surface area (Å²) in [6, 6.07) is 13.4. The lowest BCUT2D eigenvalue weighted by Gasteiger charge is -2.25. The number of aliphatic hydroxyl groups excluding tert-OH is 1. The van der Waals surface area contributed by atoms with Crippen molar-refractivity contribution in [1.29, 1.82) is 0 Å². The summed E-state index contributed by atoms with van der Waals surface area (Å²) in [5.41, 5.74) is 13.1. The molecule has 2 rings (SSSR count). The monoisotopic (exact) mass is 696 g/mol. The number of carbonyl (C=O) groups is 7. The van der Waals surface area contributed by atoms with E-state index in [0.29, 0.717) is 31.2 Å². The van der Waals surface area contributed by atoms with Gasteiger partial charge in [-0.25, -0.2) is 0 Å². The molecule has 272 valence electrons. The third-order valence-electron chi connectivity index (χ3n) is 7.44. The highest BCUT2D eigenvalue weighted by molar-refractivity contribution is 5.95. The second-order valence-electron chi connectivity index (χ2n) is 11.6. The maximum Gasteiger partial charge on any atom is 0.245 e. The van der Waals surface area contributed by atoms with Crippen molar-refractivity contribution in [1.82, 2.24) is 31.9 Å². The third-order valence-corrected chi connectivity index (χ3v) is 7.44. The molecule has 0 bridgehead atoms. The van der Waals surface area contributed by atoms with Crippen LogP contribution in [0.5, 0.6) is 0 Å². The van der Waals surface area contributed by atoms with Gasteiger partial charge in [-0.3, -0.25) is 28.8 Å². The van der Waals surface area contributed by atoms with Crippen LogP contribution < -0.4 is 43.4 Å². The van der Waals surface area contributed by atoms with E-state index in [-0.39, 0.29) is 25.8 Å². The van der Waals surface area contributed by atoms with E-state index in [2.05, 4.69) is 31.9 Å². The smallest absolute Gasteiger partial charge is 0.245 e. The Labute approximate surface area is 290 Å². The fourth-order valence-corrected chi connectivity index (χ4v) is 4.77. The minimum Gasteiger partial charge on any atom is -0.391 e. The van der Waals surface area contributed by atoms with Crippen LogP contribution in [0.1, 0.15) is 37.3 Å². The summed E-state index contributed by atoms with van der Waals surface area (Å²) in [6.07, 6.45) is 0.578. The molecule has 16 nitrogen and oxygen atoms in total. The Balaban J connectivity index is 2.03. The number of amides is 6. The third kappa shape index (κ3) is 15.4. The van der Waals surface area contributed by atoms with Gasteiger partial charge in [0.15, 0.2) is 0 Å². The molecule has 0 aliphatic rings. The molecule has 2 aromatic rings. The van der Waals surface area contributed by atoms with Crippen LogP contribution >= 0.6 is 0 Å². The molecule has 0 aliphatic carbocycles. The number of nitrogens with one attached hydrogen (secondary N) is 6. The molecule has 6 amide bonds. The number of carbonyl (C=O) groups excluding carboxylic acids is 7. The first kappa shape index (κ1) is 41.0. The summed E-state index contributed by atoms with van der Waals surface area (Å²) in [5.74, 6) is -4.21. The van der Waals surface area contributed by atoms with Crippen LogP contribution in [0, 0.1) is 0 Å². The molecule has 4 unspecified atom stereocenters. The molecule has 0 saturated heterocycles. The standard InChI is InChI=1S/C34H48N8O8/c1-22(44)30(34(50)37-16-17-43)42-33(49)26(14-8-9-15-35)40-28(45)21-39-32(48)27(19-24-12-6-3-7-13-24)41-29(46)20-38-31(47)25(36)18-23-10-4-2-5-11-23/h2-7,10-13,17,22,25-27,30,44H,8-9,14-16,18-21,35-36H2,1H3,(H,37,50)(H,38,47)(H,39,48)(H,40,45)(H,41,46)(H,42,49)/t22?,25-,26?,27?,30?/m1/s1. The van der Waals surface area contributed by atoms with Crippen molar-refractivity contribution in [3.05, 3.63) is 71.8 Å². The minimum atomic E-state index is -1.40. The lowest BCUT2D eigenvalue weighted by atomic mass is 10.0. The van der Waals surface area contributed by atoms with Crippen molar-refractivity contribution in [2.24, 2.45) is 11.5 Å². The molecule has 50 heavy (non-hydrogen) atoms. The highest BCUT2D eigenvalue weighted by Crippen LogP contribution is 2.06. The first-order valence-electron chi connectivity index (χ1n) is 16.3. The quantitative estimate of drug-likeness (QED) is 0.0455. The van der Waals surface area contributed by atoms with Gasteiger partial charge >= 0.3 is 0 Å². The number of hydrogen-bond donors (Lipinski definition) is 9. The van der Waals surface area contributed by atoms with Crippen molar-refractivity contribution >= 4 is 41.7 Å². The number of rotatable bonds is 22. The first-order valence-corrected chi connectivity index (χ1v) is 16.3. The van der Waals surface area contributed by atoms with E-state index in [4.69, 9.17) is 11.5 Å². The zero-order chi connectivity index (χ0) is 36.9. The van der Waals surface area contributed by atoms with Gasteiger partial charge in [-0.2, -0.15) is 0 Å². The Morgan fingerprint density at radius 2 is 1.24 bits per heavy atom. The summed E-state index contributed by atoms with van der Waals surface area (Å²) >= 11 is 0. The summed E-state index contributed by atoms with van der Waals surface area (Å²) in [4.78, 5) is 87.6. The summed E-state index contributed by atoms with van der Waals surface area (Å²) < 4.78 is 0. The number of aldehydes is 1. The van der Waals surface area contributed by atoms with Crippen LogP contribution in [-0.2, 0) is 46.4 Å². The molecular formula is C34H48N8O8. The molecule has 2 aromatic carbocycles. The van der Waals surface area contributed by atoms with Crippen LogP contribution in [0.2, 0.25) is 0 Å². The predicted octanol–water partition coefficient (Wildman–Crippen LogP) is -2.69. The Morgan fingerprint density at radius 1 is 0.700 bits per heavy atom. The number of unbranched alkanes of at least 4 members (excludes halogenated alkanes) is 1. The van der Waals surface area contributed by atoms with Gasteiger partial charge in [-0.15, -0.1) is 0 Å². The van der Waals surface area contributed by atoms with Gasteiger partial charge in [-0.1, -0.05) is 60.7 Å². The zero-order valence-electron chi connectivity index (χ0n) is 28.1. The largest absolute Gasteiger partial charge is 0.391 e. The van der Waals surface area contributed by atoms with Crippen molar-refractivity contribution in [3.63, 3.8) is 0 Å². The van der Waals surface area contributed by atoms with Gasteiger partial charge in [0.25, 0.3) is 0 Å². The molecule has 0 heterocycles. The zero-order valence-corrected chi connectivity index (χ0v) is 28.1. The van der Waals surface area contributed by atoms with Crippen molar-refractivity contribution in [3.8, 4) is 0 Å². The van der Waals surface area contributed by atoms with Gasteiger partial charge in [-0.05, 0) is 50.3 Å². The maximum absolute atomic E-state index is 13.2. The molecule has 16 heteroatoms. The summed E-state index contributed by atoms with van der Waals surface area (Å²) in [7, 11) is 0. The Kier molecular flexibility index (Phi) is 18.4.